The molecule has 0 radical (unpaired) electrons. The fourth-order valence-corrected chi connectivity index (χ4v) is 2.58. The summed E-state index contributed by atoms with van der Waals surface area (Å²) in [4.78, 5) is 12.1. The number of carboxylic acid groups (broad SMARTS) is 1. The van der Waals surface area contributed by atoms with E-state index >= 15 is 0 Å². The molecule has 0 aromatic heterocycles. The second-order valence-electron chi connectivity index (χ2n) is 4.21. The number of rotatable bonds is 4. The topological polar surface area (TPSA) is 37.3 Å². The predicted molar refractivity (Wildman–Crippen MR) is 74.1 cm³/mol. The minimum atomic E-state index is -1.03. The summed E-state index contributed by atoms with van der Waals surface area (Å²) in [5, 5.41) is 9.06. The lowest BCUT2D eigenvalue weighted by Crippen LogP contribution is -2.02. The van der Waals surface area contributed by atoms with Gasteiger partial charge in [0.1, 0.15) is 5.82 Å². The van der Waals surface area contributed by atoms with E-state index in [2.05, 4.69) is 0 Å². The third-order valence-electron chi connectivity index (χ3n) is 2.71. The van der Waals surface area contributed by atoms with Gasteiger partial charge in [-0.05, 0) is 42.8 Å². The van der Waals surface area contributed by atoms with Crippen molar-refractivity contribution in [3.63, 3.8) is 0 Å². The van der Waals surface area contributed by atoms with Crippen molar-refractivity contribution in [3.8, 4) is 0 Å². The number of benzene rings is 2. The fourth-order valence-electron chi connectivity index (χ4n) is 1.69. The molecule has 0 unspecified atom stereocenters. The number of halogens is 1. The van der Waals surface area contributed by atoms with Gasteiger partial charge in [0.05, 0.1) is 5.56 Å². The third-order valence-corrected chi connectivity index (χ3v) is 3.77. The predicted octanol–water partition coefficient (Wildman–Crippen LogP) is 4.12. The summed E-state index contributed by atoms with van der Waals surface area (Å²) in [6, 6.07) is 11.7. The van der Waals surface area contributed by atoms with Crippen molar-refractivity contribution in [2.24, 2.45) is 0 Å². The maximum absolute atomic E-state index is 13.2. The van der Waals surface area contributed by atoms with E-state index in [-0.39, 0.29) is 5.56 Å². The summed E-state index contributed by atoms with van der Waals surface area (Å²) < 4.78 is 13.2. The maximum atomic E-state index is 13.2. The fraction of sp³-hybridized carbons (Fsp3) is 0.133. The Morgan fingerprint density at radius 2 is 1.89 bits per heavy atom. The van der Waals surface area contributed by atoms with Gasteiger partial charge >= 0.3 is 5.97 Å². The molecule has 0 bridgehead atoms. The van der Waals surface area contributed by atoms with Crippen LogP contribution in [-0.4, -0.2) is 11.1 Å². The monoisotopic (exact) mass is 276 g/mol. The van der Waals surface area contributed by atoms with E-state index in [0.717, 1.165) is 4.90 Å². The number of hydrogen-bond acceptors (Lipinski definition) is 2. The van der Waals surface area contributed by atoms with Crippen LogP contribution in [-0.2, 0) is 5.75 Å². The van der Waals surface area contributed by atoms with Crippen molar-refractivity contribution in [2.45, 2.75) is 17.6 Å². The van der Waals surface area contributed by atoms with Crippen LogP contribution in [0.15, 0.2) is 47.4 Å². The smallest absolute Gasteiger partial charge is 0.335 e. The first kappa shape index (κ1) is 13.6. The largest absolute Gasteiger partial charge is 0.478 e. The van der Waals surface area contributed by atoms with Crippen molar-refractivity contribution >= 4 is 17.7 Å². The van der Waals surface area contributed by atoms with Gasteiger partial charge in [0.15, 0.2) is 0 Å². The Labute approximate surface area is 115 Å². The van der Waals surface area contributed by atoms with E-state index in [9.17, 15) is 9.18 Å². The summed E-state index contributed by atoms with van der Waals surface area (Å²) in [6.45, 7) is 2.00. The first-order valence-electron chi connectivity index (χ1n) is 5.77. The molecule has 0 atom stereocenters. The molecule has 0 heterocycles. The molecule has 0 saturated heterocycles. The zero-order valence-corrected chi connectivity index (χ0v) is 11.2. The molecule has 0 aliphatic heterocycles. The van der Waals surface area contributed by atoms with Gasteiger partial charge in [-0.3, -0.25) is 0 Å². The van der Waals surface area contributed by atoms with Crippen LogP contribution in [0.2, 0.25) is 0 Å². The highest BCUT2D eigenvalue weighted by molar-refractivity contribution is 7.98. The highest BCUT2D eigenvalue weighted by Gasteiger charge is 2.11. The number of carbonyl (C=O) groups is 1. The van der Waals surface area contributed by atoms with Crippen molar-refractivity contribution < 1.29 is 14.3 Å². The number of carboxylic acids is 1. The molecule has 4 heteroatoms. The van der Waals surface area contributed by atoms with Gasteiger partial charge in [0, 0.05) is 10.6 Å². The summed E-state index contributed by atoms with van der Waals surface area (Å²) in [6.07, 6.45) is 0. The van der Waals surface area contributed by atoms with Crippen molar-refractivity contribution in [2.75, 3.05) is 0 Å². The number of aromatic carboxylic acids is 1. The van der Waals surface area contributed by atoms with Crippen LogP contribution in [0, 0.1) is 12.7 Å². The summed E-state index contributed by atoms with van der Waals surface area (Å²) in [5.74, 6) is -1.01. The maximum Gasteiger partial charge on any atom is 0.335 e. The van der Waals surface area contributed by atoms with Gasteiger partial charge in [-0.25, -0.2) is 9.18 Å². The van der Waals surface area contributed by atoms with E-state index in [1.54, 1.807) is 0 Å². The molecule has 0 aliphatic rings. The van der Waals surface area contributed by atoms with E-state index < -0.39 is 11.8 Å². The lowest BCUT2D eigenvalue weighted by Gasteiger charge is -2.06. The Bertz CT molecular complexity index is 594. The average Bonchev–Trinajstić information content (AvgIpc) is 2.38. The van der Waals surface area contributed by atoms with Crippen LogP contribution in [0.25, 0.3) is 0 Å². The lowest BCUT2D eigenvalue weighted by atomic mass is 10.1. The molecule has 2 rings (SSSR count). The molecule has 0 fully saturated rings. The second-order valence-corrected chi connectivity index (χ2v) is 5.26. The first-order valence-corrected chi connectivity index (χ1v) is 6.76. The van der Waals surface area contributed by atoms with Gasteiger partial charge in [-0.2, -0.15) is 0 Å². The number of hydrogen-bond donors (Lipinski definition) is 1. The molecule has 2 aromatic rings. The van der Waals surface area contributed by atoms with Crippen molar-refractivity contribution in [1.82, 2.24) is 0 Å². The molecule has 19 heavy (non-hydrogen) atoms. The van der Waals surface area contributed by atoms with Crippen LogP contribution in [0.1, 0.15) is 21.5 Å². The molecule has 2 aromatic carbocycles. The molecular weight excluding hydrogens is 263 g/mol. The number of thioether (sulfide) groups is 1. The third kappa shape index (κ3) is 3.58. The molecular formula is C15H13FO2S. The molecule has 0 spiro atoms. The van der Waals surface area contributed by atoms with Gasteiger partial charge in [0.2, 0.25) is 0 Å². The van der Waals surface area contributed by atoms with Crippen LogP contribution < -0.4 is 0 Å². The normalized spacial score (nSPS) is 10.4. The minimum Gasteiger partial charge on any atom is -0.478 e. The van der Waals surface area contributed by atoms with Crippen LogP contribution in [0.3, 0.4) is 0 Å². The summed E-state index contributed by atoms with van der Waals surface area (Å²) >= 11 is 1.49. The molecule has 98 valence electrons. The summed E-state index contributed by atoms with van der Waals surface area (Å²) in [7, 11) is 0. The molecule has 1 N–H and O–H groups in total. The van der Waals surface area contributed by atoms with Gasteiger partial charge in [-0.1, -0.05) is 17.7 Å². The molecule has 0 amide bonds. The zero-order valence-electron chi connectivity index (χ0n) is 10.4. The Morgan fingerprint density at radius 1 is 1.21 bits per heavy atom. The molecule has 0 saturated carbocycles. The van der Waals surface area contributed by atoms with Gasteiger partial charge in [0.25, 0.3) is 0 Å². The quantitative estimate of drug-likeness (QED) is 0.853. The Balaban J connectivity index is 2.16. The van der Waals surface area contributed by atoms with E-state index in [1.165, 1.54) is 35.5 Å². The molecule has 2 nitrogen and oxygen atoms in total. The molecule has 0 aliphatic carbocycles. The Kier molecular flexibility index (Phi) is 4.22. The van der Waals surface area contributed by atoms with E-state index in [0.29, 0.717) is 11.3 Å². The Hall–Kier alpha value is -1.81. The lowest BCUT2D eigenvalue weighted by molar-refractivity contribution is 0.0696. The minimum absolute atomic E-state index is 0.154. The van der Waals surface area contributed by atoms with Crippen molar-refractivity contribution in [1.29, 1.82) is 0 Å². The van der Waals surface area contributed by atoms with Crippen LogP contribution in [0.4, 0.5) is 4.39 Å². The standard InChI is InChI=1S/C15H13FO2S/c1-10-2-5-13(6-3-10)19-9-11-8-12(16)4-7-14(11)15(17)18/h2-8H,9H2,1H3,(H,17,18). The van der Waals surface area contributed by atoms with Crippen LogP contribution >= 0.6 is 11.8 Å². The summed E-state index contributed by atoms with van der Waals surface area (Å²) in [5.41, 5.74) is 1.82. The Morgan fingerprint density at radius 3 is 2.53 bits per heavy atom. The van der Waals surface area contributed by atoms with Gasteiger partial charge < -0.3 is 5.11 Å². The first-order chi connectivity index (χ1) is 9.06. The highest BCUT2D eigenvalue weighted by atomic mass is 32.2. The highest BCUT2D eigenvalue weighted by Crippen LogP contribution is 2.25. The van der Waals surface area contributed by atoms with E-state index in [1.807, 2.05) is 31.2 Å². The van der Waals surface area contributed by atoms with E-state index in [4.69, 9.17) is 5.11 Å². The second kappa shape index (κ2) is 5.89. The zero-order chi connectivity index (χ0) is 13.8. The van der Waals surface area contributed by atoms with Crippen molar-refractivity contribution in [3.05, 3.63) is 65.0 Å². The SMILES string of the molecule is Cc1ccc(SCc2cc(F)ccc2C(=O)O)cc1. The number of aryl methyl sites for hydroxylation is 1. The van der Waals surface area contributed by atoms with Gasteiger partial charge in [-0.15, -0.1) is 11.8 Å². The van der Waals surface area contributed by atoms with Crippen LogP contribution in [0.5, 0.6) is 0 Å². The average molecular weight is 276 g/mol.